The number of nitrogens with one attached hydrogen (secondary N) is 1. The van der Waals surface area contributed by atoms with Crippen LogP contribution in [0, 0.1) is 12.7 Å². The topological polar surface area (TPSA) is 32.3 Å². The number of amides is 1. The largest absolute Gasteiger partial charge is 0.285 e. The van der Waals surface area contributed by atoms with Gasteiger partial charge >= 0.3 is 0 Å². The Hall–Kier alpha value is -2.89. The van der Waals surface area contributed by atoms with Crippen molar-refractivity contribution >= 4 is 23.2 Å². The van der Waals surface area contributed by atoms with E-state index in [1.807, 2.05) is 67.5 Å². The van der Waals surface area contributed by atoms with Crippen molar-refractivity contribution in [3.05, 3.63) is 101 Å². The molecule has 1 aliphatic carbocycles. The van der Waals surface area contributed by atoms with Gasteiger partial charge in [0.15, 0.2) is 0 Å². The van der Waals surface area contributed by atoms with Crippen molar-refractivity contribution in [1.82, 2.24) is 10.4 Å². The Labute approximate surface area is 206 Å². The van der Waals surface area contributed by atoms with Crippen LogP contribution in [0.2, 0.25) is 0 Å². The van der Waals surface area contributed by atoms with Crippen molar-refractivity contribution in [2.45, 2.75) is 54.9 Å². The summed E-state index contributed by atoms with van der Waals surface area (Å²) in [5.41, 5.74) is 6.77. The fourth-order valence-corrected chi connectivity index (χ4v) is 5.50. The van der Waals surface area contributed by atoms with Gasteiger partial charge in [-0.05, 0) is 66.8 Å². The van der Waals surface area contributed by atoms with Crippen molar-refractivity contribution < 1.29 is 9.18 Å². The minimum Gasteiger partial charge on any atom is -0.285 e. The summed E-state index contributed by atoms with van der Waals surface area (Å²) in [5, 5.41) is 1.98. The number of carbonyl (C=O) groups is 1. The van der Waals surface area contributed by atoms with Crippen LogP contribution in [0.1, 0.15) is 59.2 Å². The van der Waals surface area contributed by atoms with Gasteiger partial charge < -0.3 is 0 Å². The van der Waals surface area contributed by atoms with E-state index < -0.39 is 0 Å². The molecule has 0 aliphatic heterocycles. The molecule has 0 radical (unpaired) electrons. The number of hydrogen-bond acceptors (Lipinski definition) is 3. The molecule has 0 aromatic heterocycles. The quantitative estimate of drug-likeness (QED) is 0.366. The van der Waals surface area contributed by atoms with Crippen molar-refractivity contribution in [1.29, 1.82) is 0 Å². The third-order valence-electron chi connectivity index (χ3n) is 6.47. The van der Waals surface area contributed by atoms with Crippen LogP contribution in [0.3, 0.4) is 0 Å². The fourth-order valence-electron chi connectivity index (χ4n) is 4.46. The maximum absolute atomic E-state index is 14.4. The maximum Gasteiger partial charge on any atom is 0.265 e. The third kappa shape index (κ3) is 5.60. The summed E-state index contributed by atoms with van der Waals surface area (Å²) in [6.45, 7) is 6.19. The van der Waals surface area contributed by atoms with Gasteiger partial charge in [-0.25, -0.2) is 9.40 Å². The van der Waals surface area contributed by atoms with Gasteiger partial charge in [0.2, 0.25) is 0 Å². The number of carbonyl (C=O) groups excluding carboxylic acids is 1. The number of nitrogens with zero attached hydrogens (tertiary/aromatic N) is 1. The van der Waals surface area contributed by atoms with Crippen LogP contribution in [0.25, 0.3) is 5.57 Å². The highest BCUT2D eigenvalue weighted by atomic mass is 32.2. The van der Waals surface area contributed by atoms with Gasteiger partial charge in [0.05, 0.1) is 0 Å². The van der Waals surface area contributed by atoms with Crippen LogP contribution in [0.4, 0.5) is 4.39 Å². The highest BCUT2D eigenvalue weighted by Crippen LogP contribution is 2.37. The molecule has 0 unspecified atom stereocenters. The van der Waals surface area contributed by atoms with Crippen LogP contribution in [-0.2, 0) is 0 Å². The van der Waals surface area contributed by atoms with E-state index in [4.69, 9.17) is 0 Å². The zero-order chi connectivity index (χ0) is 24.1. The van der Waals surface area contributed by atoms with Gasteiger partial charge in [0, 0.05) is 34.0 Å². The van der Waals surface area contributed by atoms with E-state index >= 15 is 0 Å². The molecule has 3 aromatic carbocycles. The SMILES string of the molecule is C=C(c1ccccc1F)c1ccccc1Sc1ccc(C(=O)NN(C)C2CCCCC2)cc1C. The smallest absolute Gasteiger partial charge is 0.265 e. The van der Waals surface area contributed by atoms with Gasteiger partial charge in [0.25, 0.3) is 5.91 Å². The molecule has 5 heteroatoms. The molecule has 1 amide bonds. The number of rotatable bonds is 7. The lowest BCUT2D eigenvalue weighted by molar-refractivity contribution is 0.0711. The molecule has 0 heterocycles. The minimum absolute atomic E-state index is 0.0824. The van der Waals surface area contributed by atoms with Crippen molar-refractivity contribution in [3.63, 3.8) is 0 Å². The maximum atomic E-state index is 14.4. The molecule has 1 N–H and O–H groups in total. The molecule has 1 fully saturated rings. The van der Waals surface area contributed by atoms with Gasteiger partial charge in [-0.2, -0.15) is 0 Å². The average Bonchev–Trinajstić information content (AvgIpc) is 2.86. The summed E-state index contributed by atoms with van der Waals surface area (Å²) in [7, 11) is 1.96. The monoisotopic (exact) mass is 474 g/mol. The van der Waals surface area contributed by atoms with Crippen LogP contribution in [0.5, 0.6) is 0 Å². The van der Waals surface area contributed by atoms with E-state index in [9.17, 15) is 9.18 Å². The second-order valence-corrected chi connectivity index (χ2v) is 9.96. The first-order valence-corrected chi connectivity index (χ1v) is 12.6. The molecule has 3 nitrogen and oxygen atoms in total. The zero-order valence-corrected chi connectivity index (χ0v) is 20.6. The van der Waals surface area contributed by atoms with Gasteiger partial charge in [0.1, 0.15) is 5.82 Å². The average molecular weight is 475 g/mol. The lowest BCUT2D eigenvalue weighted by atomic mass is 9.95. The summed E-state index contributed by atoms with van der Waals surface area (Å²) in [5.74, 6) is -0.363. The van der Waals surface area contributed by atoms with Crippen molar-refractivity contribution in [2.75, 3.05) is 7.05 Å². The lowest BCUT2D eigenvalue weighted by Crippen LogP contribution is -2.46. The summed E-state index contributed by atoms with van der Waals surface area (Å²) < 4.78 is 14.4. The Morgan fingerprint density at radius 1 is 0.971 bits per heavy atom. The Bertz CT molecular complexity index is 1190. The Balaban J connectivity index is 1.50. The first-order valence-electron chi connectivity index (χ1n) is 11.8. The second-order valence-electron chi connectivity index (χ2n) is 8.88. The Morgan fingerprint density at radius 3 is 2.35 bits per heavy atom. The van der Waals surface area contributed by atoms with Crippen molar-refractivity contribution in [2.24, 2.45) is 0 Å². The number of hydrogen-bond donors (Lipinski definition) is 1. The lowest BCUT2D eigenvalue weighted by Gasteiger charge is -2.31. The number of halogens is 1. The summed E-state index contributed by atoms with van der Waals surface area (Å²) >= 11 is 1.60. The minimum atomic E-state index is -0.281. The number of hydrazine groups is 1. The van der Waals surface area contributed by atoms with Crippen LogP contribution in [0.15, 0.2) is 83.1 Å². The number of aryl methyl sites for hydroxylation is 1. The van der Waals surface area contributed by atoms with E-state index in [0.717, 1.165) is 33.8 Å². The summed E-state index contributed by atoms with van der Waals surface area (Å²) in [6, 6.07) is 20.8. The van der Waals surface area contributed by atoms with Gasteiger partial charge in [-0.3, -0.25) is 10.2 Å². The number of benzene rings is 3. The van der Waals surface area contributed by atoms with E-state index in [1.54, 1.807) is 23.9 Å². The van der Waals surface area contributed by atoms with Crippen LogP contribution >= 0.6 is 11.8 Å². The Morgan fingerprint density at radius 2 is 1.65 bits per heavy atom. The predicted octanol–water partition coefficient (Wildman–Crippen LogP) is 7.26. The molecule has 0 bridgehead atoms. The molecular weight excluding hydrogens is 443 g/mol. The molecule has 0 saturated heterocycles. The van der Waals surface area contributed by atoms with Crippen LogP contribution in [-0.4, -0.2) is 24.0 Å². The van der Waals surface area contributed by atoms with Gasteiger partial charge in [-0.1, -0.05) is 74.0 Å². The fraction of sp³-hybridized carbons (Fsp3) is 0.276. The normalized spacial score (nSPS) is 14.2. The summed E-state index contributed by atoms with van der Waals surface area (Å²) in [4.78, 5) is 14.9. The third-order valence-corrected chi connectivity index (χ3v) is 7.72. The predicted molar refractivity (Wildman–Crippen MR) is 138 cm³/mol. The molecule has 3 aromatic rings. The molecule has 34 heavy (non-hydrogen) atoms. The molecule has 1 aliphatic rings. The molecule has 0 atom stereocenters. The zero-order valence-electron chi connectivity index (χ0n) is 19.8. The standard InChI is InChI=1S/C29H31FN2OS/c1-20-19-22(29(33)31-32(3)23-11-5-4-6-12-23)17-18-27(20)34-28-16-10-8-14-25(28)21(2)24-13-7-9-15-26(24)30/h7-10,13-19,23H,2,4-6,11-12H2,1,3H3,(H,31,33). The van der Waals surface area contributed by atoms with E-state index in [1.165, 1.54) is 25.3 Å². The van der Waals surface area contributed by atoms with E-state index in [-0.39, 0.29) is 11.7 Å². The second kappa shape index (κ2) is 11.0. The first-order chi connectivity index (χ1) is 16.4. The highest BCUT2D eigenvalue weighted by Gasteiger charge is 2.20. The molecule has 0 spiro atoms. The molecular formula is C29H31FN2OS. The Kier molecular flexibility index (Phi) is 7.86. The highest BCUT2D eigenvalue weighted by molar-refractivity contribution is 7.99. The molecule has 1 saturated carbocycles. The summed E-state index contributed by atoms with van der Waals surface area (Å²) in [6.07, 6.45) is 5.99. The van der Waals surface area contributed by atoms with Crippen LogP contribution < -0.4 is 5.43 Å². The molecule has 176 valence electrons. The molecule has 4 rings (SSSR count). The van der Waals surface area contributed by atoms with Crippen molar-refractivity contribution in [3.8, 4) is 0 Å². The van der Waals surface area contributed by atoms with E-state index in [0.29, 0.717) is 22.7 Å². The first kappa shape index (κ1) is 24.2. The van der Waals surface area contributed by atoms with Gasteiger partial charge in [-0.15, -0.1) is 0 Å². The van der Waals surface area contributed by atoms with E-state index in [2.05, 4.69) is 12.0 Å².